The van der Waals surface area contributed by atoms with Crippen LogP contribution in [0.4, 0.5) is 0 Å². The summed E-state index contributed by atoms with van der Waals surface area (Å²) in [6, 6.07) is 53.2. The Morgan fingerprint density at radius 1 is 0.564 bits per heavy atom. The smallest absolute Gasteiger partial charge is 0.169 e. The normalized spacial score (nSPS) is 19.2. The fourth-order valence-corrected chi connectivity index (χ4v) is 8.99. The van der Waals surface area contributed by atoms with E-state index in [0.29, 0.717) is 0 Å². The van der Waals surface area contributed by atoms with E-state index in [0.717, 1.165) is 57.4 Å². The van der Waals surface area contributed by atoms with Crippen molar-refractivity contribution in [2.75, 3.05) is 0 Å². The van der Waals surface area contributed by atoms with E-state index in [1.807, 2.05) is 47.7 Å². The van der Waals surface area contributed by atoms with Gasteiger partial charge in [0.1, 0.15) is 17.5 Å². The summed E-state index contributed by atoms with van der Waals surface area (Å²) < 4.78 is 2.54. The van der Waals surface area contributed by atoms with E-state index in [9.17, 15) is 0 Å². The molecule has 55 heavy (non-hydrogen) atoms. The number of nitrogens with one attached hydrogen (secondary N) is 2. The molecule has 6 heteroatoms. The first-order chi connectivity index (χ1) is 27.2. The topological polar surface area (TPSA) is 61.1 Å². The van der Waals surface area contributed by atoms with Crippen LogP contribution in [-0.4, -0.2) is 17.5 Å². The van der Waals surface area contributed by atoms with Crippen molar-refractivity contribution in [1.82, 2.24) is 10.6 Å². The molecule has 10 rings (SSSR count). The second kappa shape index (κ2) is 14.3. The van der Waals surface area contributed by atoms with Crippen LogP contribution in [0.25, 0.3) is 37.0 Å². The average molecular weight is 728 g/mol. The molecule has 3 aliphatic rings. The van der Waals surface area contributed by atoms with Crippen LogP contribution in [0.1, 0.15) is 46.4 Å². The van der Waals surface area contributed by atoms with E-state index in [1.54, 1.807) is 0 Å². The Hall–Kier alpha value is -6.63. The van der Waals surface area contributed by atoms with Gasteiger partial charge in [0.15, 0.2) is 6.17 Å². The SMILES string of the molecule is C1=CCC(C2=NC(c3ccc(-c4ccc(C5=NC(c6ccccc6)N=C(c6ccccc6)N5)cc4)c4c3sc3ccccc34)C=C(c3ccccc3)N2)C=C1. The van der Waals surface area contributed by atoms with Crippen molar-refractivity contribution in [3.8, 4) is 11.1 Å². The van der Waals surface area contributed by atoms with E-state index in [4.69, 9.17) is 15.0 Å². The molecule has 5 nitrogen and oxygen atoms in total. The predicted octanol–water partition coefficient (Wildman–Crippen LogP) is 11.4. The van der Waals surface area contributed by atoms with Crippen LogP contribution < -0.4 is 10.6 Å². The van der Waals surface area contributed by atoms with Crippen molar-refractivity contribution in [2.24, 2.45) is 20.9 Å². The van der Waals surface area contributed by atoms with Crippen LogP contribution >= 0.6 is 11.3 Å². The second-order valence-electron chi connectivity index (χ2n) is 14.0. The first-order valence-corrected chi connectivity index (χ1v) is 19.6. The maximum Gasteiger partial charge on any atom is 0.169 e. The Kier molecular flexibility index (Phi) is 8.58. The van der Waals surface area contributed by atoms with Gasteiger partial charge < -0.3 is 10.6 Å². The Morgan fingerprint density at radius 3 is 1.95 bits per heavy atom. The van der Waals surface area contributed by atoms with Crippen LogP contribution in [0.15, 0.2) is 197 Å². The minimum absolute atomic E-state index is 0.133. The predicted molar refractivity (Wildman–Crippen MR) is 231 cm³/mol. The lowest BCUT2D eigenvalue weighted by Crippen LogP contribution is -2.36. The third kappa shape index (κ3) is 6.41. The number of benzene rings is 6. The van der Waals surface area contributed by atoms with E-state index in [2.05, 4.69) is 156 Å². The molecule has 2 N–H and O–H groups in total. The van der Waals surface area contributed by atoms with Gasteiger partial charge in [0.25, 0.3) is 0 Å². The highest BCUT2D eigenvalue weighted by molar-refractivity contribution is 7.26. The quantitative estimate of drug-likeness (QED) is 0.172. The molecule has 6 aromatic carbocycles. The summed E-state index contributed by atoms with van der Waals surface area (Å²) in [5.41, 5.74) is 8.95. The third-order valence-corrected chi connectivity index (χ3v) is 11.7. The summed E-state index contributed by atoms with van der Waals surface area (Å²) in [5.74, 6) is 2.83. The van der Waals surface area contributed by atoms with E-state index < -0.39 is 0 Å². The van der Waals surface area contributed by atoms with Gasteiger partial charge in [-0.2, -0.15) is 0 Å². The molecule has 0 saturated carbocycles. The first-order valence-electron chi connectivity index (χ1n) is 18.8. The molecule has 0 saturated heterocycles. The number of hydrogen-bond acceptors (Lipinski definition) is 6. The van der Waals surface area contributed by atoms with Gasteiger partial charge >= 0.3 is 0 Å². The van der Waals surface area contributed by atoms with Crippen LogP contribution in [0.2, 0.25) is 0 Å². The van der Waals surface area contributed by atoms with Crippen LogP contribution in [-0.2, 0) is 0 Å². The number of nitrogens with zero attached hydrogens (tertiary/aromatic N) is 3. The van der Waals surface area contributed by atoms with Gasteiger partial charge in [0.05, 0.1) is 6.04 Å². The van der Waals surface area contributed by atoms with Gasteiger partial charge in [0, 0.05) is 42.9 Å². The largest absolute Gasteiger partial charge is 0.343 e. The van der Waals surface area contributed by atoms with Crippen molar-refractivity contribution in [3.63, 3.8) is 0 Å². The summed E-state index contributed by atoms with van der Waals surface area (Å²) in [7, 11) is 0. The average Bonchev–Trinajstić information content (AvgIpc) is 3.67. The van der Waals surface area contributed by atoms with E-state index in [1.165, 1.54) is 31.3 Å². The number of allylic oxidation sites excluding steroid dienone is 3. The number of aliphatic imine (C=N–C) groups is 3. The monoisotopic (exact) mass is 727 g/mol. The van der Waals surface area contributed by atoms with Gasteiger partial charge in [-0.05, 0) is 46.4 Å². The van der Waals surface area contributed by atoms with Crippen molar-refractivity contribution >= 4 is 54.7 Å². The molecule has 3 heterocycles. The highest BCUT2D eigenvalue weighted by Gasteiger charge is 2.26. The van der Waals surface area contributed by atoms with Gasteiger partial charge in [-0.3, -0.25) is 4.99 Å². The number of rotatable bonds is 7. The fourth-order valence-electron chi connectivity index (χ4n) is 7.72. The molecule has 0 spiro atoms. The third-order valence-electron chi connectivity index (χ3n) is 10.5. The summed E-state index contributed by atoms with van der Waals surface area (Å²) in [4.78, 5) is 15.5. The van der Waals surface area contributed by atoms with E-state index >= 15 is 0 Å². The number of thiophene rings is 1. The lowest BCUT2D eigenvalue weighted by Gasteiger charge is -2.27. The molecule has 1 aliphatic carbocycles. The Labute approximate surface area is 324 Å². The maximum absolute atomic E-state index is 5.41. The zero-order valence-electron chi connectivity index (χ0n) is 30.0. The molecule has 3 atom stereocenters. The zero-order chi connectivity index (χ0) is 36.6. The summed E-state index contributed by atoms with van der Waals surface area (Å²) in [6.07, 6.45) is 11.6. The molecule has 0 fully saturated rings. The van der Waals surface area contributed by atoms with Crippen LogP contribution in [0, 0.1) is 5.92 Å². The van der Waals surface area contributed by atoms with Crippen molar-refractivity contribution in [2.45, 2.75) is 18.6 Å². The molecule has 2 aliphatic heterocycles. The fraction of sp³-hybridized carbons (Fsp3) is 0.0816. The number of amidine groups is 3. The standard InChI is InChI=1S/C49H37N5S/c1-5-15-33(16-6-1)41-31-42(51-46(50-41)34-17-7-2-8-18-34)39-30-29-38(44-40-23-13-14-24-43(40)55-45(39)44)32-25-27-37(28-26-32)49-53-47(35-19-9-3-10-20-35)52-48(54-49)36-21-11-4-12-22-36/h1-17,19-31,34,42,47H,18H2,(H,50,51)(H,52,53,54). The van der Waals surface area contributed by atoms with Gasteiger partial charge in [-0.25, -0.2) is 9.98 Å². The molecule has 1 aromatic heterocycles. The zero-order valence-corrected chi connectivity index (χ0v) is 30.8. The molecule has 0 amide bonds. The lowest BCUT2D eigenvalue weighted by molar-refractivity contribution is 0.756. The maximum atomic E-state index is 5.41. The highest BCUT2D eigenvalue weighted by atomic mass is 32.1. The minimum Gasteiger partial charge on any atom is -0.343 e. The van der Waals surface area contributed by atoms with Crippen molar-refractivity contribution in [1.29, 1.82) is 0 Å². The van der Waals surface area contributed by atoms with E-state index in [-0.39, 0.29) is 18.1 Å². The first kappa shape index (κ1) is 33.0. The number of hydrogen-bond donors (Lipinski definition) is 2. The summed E-state index contributed by atoms with van der Waals surface area (Å²) in [6.45, 7) is 0. The van der Waals surface area contributed by atoms with Gasteiger partial charge in [-0.1, -0.05) is 170 Å². The molecule has 7 aromatic rings. The second-order valence-corrected chi connectivity index (χ2v) is 15.1. The molecular weight excluding hydrogens is 691 g/mol. The van der Waals surface area contributed by atoms with Crippen molar-refractivity contribution < 1.29 is 0 Å². The minimum atomic E-state index is -0.336. The molecule has 3 unspecified atom stereocenters. The summed E-state index contributed by atoms with van der Waals surface area (Å²) >= 11 is 1.86. The van der Waals surface area contributed by atoms with Gasteiger partial charge in [0.2, 0.25) is 0 Å². The Bertz CT molecular complexity index is 2720. The highest BCUT2D eigenvalue weighted by Crippen LogP contribution is 2.45. The Balaban J connectivity index is 1.05. The molecule has 0 radical (unpaired) electrons. The lowest BCUT2D eigenvalue weighted by atomic mass is 9.92. The molecular formula is C49H37N5S. The van der Waals surface area contributed by atoms with Crippen LogP contribution in [0.3, 0.4) is 0 Å². The molecule has 0 bridgehead atoms. The van der Waals surface area contributed by atoms with Crippen LogP contribution in [0.5, 0.6) is 0 Å². The summed E-state index contributed by atoms with van der Waals surface area (Å²) in [5, 5.41) is 9.80. The Morgan fingerprint density at radius 2 is 1.22 bits per heavy atom. The molecule has 264 valence electrons. The number of fused-ring (bicyclic) bond motifs is 3. The van der Waals surface area contributed by atoms with Crippen molar-refractivity contribution in [3.05, 3.63) is 210 Å². The van der Waals surface area contributed by atoms with Gasteiger partial charge in [-0.15, -0.1) is 11.3 Å².